The van der Waals surface area contributed by atoms with Crippen molar-refractivity contribution in [3.8, 4) is 11.1 Å². The number of nitrogens with two attached hydrogens (primary N) is 8. The Kier molecular flexibility index (Phi) is 34.8. The summed E-state index contributed by atoms with van der Waals surface area (Å²) in [5.74, 6) is -9.99. The van der Waals surface area contributed by atoms with Gasteiger partial charge >= 0.3 is 0 Å². The van der Waals surface area contributed by atoms with Crippen LogP contribution >= 0.6 is 0 Å². The van der Waals surface area contributed by atoms with Crippen molar-refractivity contribution in [2.75, 3.05) is 94.9 Å². The summed E-state index contributed by atoms with van der Waals surface area (Å²) in [6.45, 7) is -1.30. The number of aromatic nitrogens is 6. The van der Waals surface area contributed by atoms with Gasteiger partial charge in [0.1, 0.15) is 30.0 Å². The van der Waals surface area contributed by atoms with Crippen LogP contribution < -0.4 is 88.4 Å². The third-order valence-electron chi connectivity index (χ3n) is 20.1. The van der Waals surface area contributed by atoms with Crippen molar-refractivity contribution in [3.63, 3.8) is 0 Å². The van der Waals surface area contributed by atoms with Gasteiger partial charge in [0.15, 0.2) is 0 Å². The molecule has 8 aromatic carbocycles. The Morgan fingerprint density at radius 1 is 0.268 bits per heavy atom. The first kappa shape index (κ1) is 109. The van der Waals surface area contributed by atoms with E-state index < -0.39 is 340 Å². The van der Waals surface area contributed by atoms with E-state index in [-0.39, 0.29) is 45.3 Å². The summed E-state index contributed by atoms with van der Waals surface area (Å²) >= 11 is 0. The monoisotopic (exact) mass is 2120 g/mol. The molecule has 54 nitrogen and oxygen atoms in total. The largest absolute Gasteiger partial charge is 0.744 e. The van der Waals surface area contributed by atoms with Gasteiger partial charge in [-0.15, -0.1) is 0 Å². The average Bonchev–Trinajstić information content (AvgIpc) is 0.750. The lowest BCUT2D eigenvalue weighted by molar-refractivity contribution is -0.119. The number of sulfonamides is 4. The number of nitrogens with zero attached hydrogens (tertiary/aromatic N) is 10. The highest BCUT2D eigenvalue weighted by Gasteiger charge is 2.34. The first-order chi connectivity index (χ1) is 66.2. The molecule has 0 aliphatic carbocycles. The molecular formula is C80H90N26O28S8-2. The minimum Gasteiger partial charge on any atom is -0.744 e. The smallest absolute Gasteiger partial charge is 0.295 e. The highest BCUT2D eigenvalue weighted by Crippen LogP contribution is 2.43. The van der Waals surface area contributed by atoms with E-state index in [4.69, 9.17) is 45.9 Å². The van der Waals surface area contributed by atoms with Gasteiger partial charge in [-0.3, -0.25) is 47.5 Å². The molecular weight excluding hydrogens is 2030 g/mol. The van der Waals surface area contributed by atoms with Gasteiger partial charge in [0.05, 0.1) is 40.7 Å². The van der Waals surface area contributed by atoms with E-state index in [1.54, 1.807) is 0 Å². The number of nitrogens with one attached hydrogen (secondary N) is 8. The second-order valence-corrected chi connectivity index (χ2v) is 43.9. The molecule has 0 aliphatic heterocycles. The molecule has 0 unspecified atom stereocenters. The SMILES string of the molecule is Cc1cc(-c2cc(C)c(Nc3ccc(Nc4nc(Nc5cccc(S(=O)(=O)N(CCC(N)=O)CCC(N)=O)c5)nc(Nc5cccc(S(=O)(=O)N(CCC(N)=O)CCC(N)=O)c5)n4)cc3S(=O)(=O)[O-])cc2S(=O)(=O)O)c(S(=O)(=O)O)cc1Nc1ccc(Nc2nc(Nc3cccc(S(=O)(=O)N(CCC(N)=O)CCC(N)=O)c3)nc(Nc3cccc(S(=O)(=O)N(CCC(N)=O)CCC(N)=O)c3)n2)cc1S(=O)(=O)[O-]. The van der Waals surface area contributed by atoms with E-state index in [1.807, 2.05) is 0 Å². The van der Waals surface area contributed by atoms with Crippen molar-refractivity contribution in [3.05, 3.63) is 169 Å². The van der Waals surface area contributed by atoms with Gasteiger partial charge in [0.25, 0.3) is 20.2 Å². The lowest BCUT2D eigenvalue weighted by Gasteiger charge is -2.22. The lowest BCUT2D eigenvalue weighted by Crippen LogP contribution is -2.36. The number of amides is 8. The molecule has 0 fully saturated rings. The van der Waals surface area contributed by atoms with Crippen molar-refractivity contribution < 1.29 is 124 Å². The summed E-state index contributed by atoms with van der Waals surface area (Å²) in [7, 11) is -40.9. The second kappa shape index (κ2) is 45.2. The number of hydrogen-bond acceptors (Lipinski definition) is 40. The molecule has 0 spiro atoms. The molecule has 10 rings (SSSR count). The van der Waals surface area contributed by atoms with Crippen LogP contribution in [0.2, 0.25) is 0 Å². The maximum Gasteiger partial charge on any atom is 0.295 e. The predicted octanol–water partition coefficient (Wildman–Crippen LogP) is 1.56. The van der Waals surface area contributed by atoms with E-state index >= 15 is 0 Å². The minimum absolute atomic E-state index is 0.0763. The third kappa shape index (κ3) is 29.7. The van der Waals surface area contributed by atoms with Gasteiger partial charge < -0.3 is 97.5 Å². The van der Waals surface area contributed by atoms with E-state index in [2.05, 4.69) is 72.4 Å². The van der Waals surface area contributed by atoms with Crippen molar-refractivity contribution in [2.24, 2.45) is 45.9 Å². The molecule has 2 aromatic heterocycles. The predicted molar refractivity (Wildman–Crippen MR) is 507 cm³/mol. The second-order valence-electron chi connectivity index (χ2n) is 30.7. The van der Waals surface area contributed by atoms with Crippen molar-refractivity contribution in [2.45, 2.75) is 104 Å². The quantitative estimate of drug-likeness (QED) is 0.0241. The summed E-state index contributed by atoms with van der Waals surface area (Å²) in [6.07, 6.45) is -3.75. The molecule has 0 atom stereocenters. The van der Waals surface area contributed by atoms with Crippen molar-refractivity contribution in [1.82, 2.24) is 47.1 Å². The number of rotatable bonds is 53. The van der Waals surface area contributed by atoms with Crippen LogP contribution in [0.4, 0.5) is 92.6 Å². The Labute approximate surface area is 811 Å². The fourth-order valence-electron chi connectivity index (χ4n) is 13.3. The zero-order chi connectivity index (χ0) is 105. The molecule has 142 heavy (non-hydrogen) atoms. The number of primary amides is 8. The van der Waals surface area contributed by atoms with Crippen LogP contribution in [-0.4, -0.2) is 232 Å². The number of hydrogen-bond donors (Lipinski definition) is 18. The summed E-state index contributed by atoms with van der Waals surface area (Å²) in [6, 6.07) is 28.3. The Hall–Kier alpha value is -14.8. The number of carbonyl (C=O) groups is 8. The fraction of sp³-hybridized carbons (Fsp3) is 0.225. The normalized spacial score (nSPS) is 12.2. The zero-order valence-corrected chi connectivity index (χ0v) is 80.7. The van der Waals surface area contributed by atoms with Crippen LogP contribution in [-0.2, 0) is 119 Å². The molecule has 758 valence electrons. The van der Waals surface area contributed by atoms with Crippen LogP contribution in [0.25, 0.3) is 11.1 Å². The summed E-state index contributed by atoms with van der Waals surface area (Å²) in [5, 5.41) is 21.8. The maximum atomic E-state index is 14.1. The Bertz CT molecular complexity index is 6870. The van der Waals surface area contributed by atoms with Gasteiger partial charge in [0.2, 0.25) is 123 Å². The molecule has 0 radical (unpaired) electrons. The average molecular weight is 2120 g/mol. The van der Waals surface area contributed by atoms with Gasteiger partial charge in [-0.25, -0.2) is 50.5 Å². The molecule has 0 bridgehead atoms. The van der Waals surface area contributed by atoms with Crippen LogP contribution in [0.3, 0.4) is 0 Å². The third-order valence-corrected chi connectivity index (χ3v) is 31.2. The van der Waals surface area contributed by atoms with Gasteiger partial charge in [-0.2, -0.15) is 64.0 Å². The first-order valence-corrected chi connectivity index (χ1v) is 52.5. The molecule has 0 aliphatic rings. The number of anilines is 16. The standard InChI is InChI=1S/C80H92N26O28S8/c1-45-35-57(63(139(123,124)125)43-61(45)95-59-17-15-51(41-65(59)141(129,130)131)93-79-99-75(89-47-7-3-11-53(37-47)135(115,116)103(27-19-67(81)107)28-20-68(82)108)97-76(100-79)90-48-8-4-12-54(38-48)136(117,118)104(29-21-69(83)109)30-22-70(84)110)58-36-46(2)62(44-64(58)140(126,127)128)96-60-18-16-52(42-66(60)142(132,133)134)94-80-101-77(91-49-9-5-13-55(39-49)137(119,120)105(31-23-71(85)111)32-24-72(86)112)98-78(102-80)92-50-10-6-14-56(40-50)138(121,122)106(33-25-73(87)113)34-26-74(88)114/h3-18,35-44,95-96H,19-34H2,1-2H3,(H2,81,107)(H2,82,108)(H2,83,109)(H2,84,110)(H2,85,111)(H2,86,112)(H2,87,113)(H2,88,114)(H,123,124,125)(H,126,127,128)(H,129,130,131)(H,132,133,134)(H3,89,90,93,97,99,100)(H3,91,92,94,98,101,102)/p-2. The van der Waals surface area contributed by atoms with Gasteiger partial charge in [0, 0.05) is 160 Å². The molecule has 0 saturated carbocycles. The van der Waals surface area contributed by atoms with Crippen molar-refractivity contribution in [1.29, 1.82) is 0 Å². The topological polar surface area (TPSA) is 891 Å². The van der Waals surface area contributed by atoms with Crippen molar-refractivity contribution >= 4 is 220 Å². The van der Waals surface area contributed by atoms with E-state index in [1.165, 1.54) is 62.4 Å². The van der Waals surface area contributed by atoms with Gasteiger partial charge in [-0.1, -0.05) is 24.3 Å². The van der Waals surface area contributed by atoms with Crippen LogP contribution in [0, 0.1) is 13.8 Å². The Morgan fingerprint density at radius 2 is 0.465 bits per heavy atom. The molecule has 2 heterocycles. The van der Waals surface area contributed by atoms with Gasteiger partial charge in [-0.05, 0) is 158 Å². The molecule has 0 saturated heterocycles. The lowest BCUT2D eigenvalue weighted by atomic mass is 9.99. The fourth-order valence-corrected chi connectivity index (χ4v) is 22.0. The van der Waals surface area contributed by atoms with E-state index in [0.717, 1.165) is 114 Å². The Balaban J connectivity index is 0.984. The van der Waals surface area contributed by atoms with Crippen LogP contribution in [0.15, 0.2) is 197 Å². The molecule has 8 amide bonds. The highest BCUT2D eigenvalue weighted by molar-refractivity contribution is 7.90. The van der Waals surface area contributed by atoms with E-state index in [9.17, 15) is 124 Å². The number of benzene rings is 8. The molecule has 10 aromatic rings. The Morgan fingerprint density at radius 3 is 0.648 bits per heavy atom. The highest BCUT2D eigenvalue weighted by atomic mass is 32.2. The molecule has 62 heteroatoms. The molecule has 26 N–H and O–H groups in total. The van der Waals surface area contributed by atoms with Crippen LogP contribution in [0.5, 0.6) is 0 Å². The number of carbonyl (C=O) groups excluding carboxylic acids is 8. The first-order valence-electron chi connectivity index (χ1n) is 41.0. The summed E-state index contributed by atoms with van der Waals surface area (Å²) < 4.78 is 273. The summed E-state index contributed by atoms with van der Waals surface area (Å²) in [5.41, 5.74) is 37.9. The summed E-state index contributed by atoms with van der Waals surface area (Å²) in [4.78, 5) is 114. The zero-order valence-electron chi connectivity index (χ0n) is 74.2. The maximum absolute atomic E-state index is 14.1. The van der Waals surface area contributed by atoms with Crippen LogP contribution in [0.1, 0.15) is 62.5 Å². The minimum atomic E-state index is -5.69. The number of aryl methyl sites for hydroxylation is 2. The van der Waals surface area contributed by atoms with E-state index in [0.29, 0.717) is 12.1 Å².